The minimum absolute atomic E-state index is 0.0717. The van der Waals surface area contributed by atoms with Gasteiger partial charge in [-0.15, -0.1) is 5.10 Å². The van der Waals surface area contributed by atoms with Crippen LogP contribution in [0.3, 0.4) is 0 Å². The fraction of sp³-hybridized carbons (Fsp3) is 0.158. The average Bonchev–Trinajstić information content (AvgIpc) is 2.91. The number of amidine groups is 1. The molecule has 1 fully saturated rings. The second-order valence-electron chi connectivity index (χ2n) is 5.87. The van der Waals surface area contributed by atoms with E-state index in [0.29, 0.717) is 16.3 Å². The molecule has 8 heteroatoms. The summed E-state index contributed by atoms with van der Waals surface area (Å²) in [6.07, 6.45) is 1.55. The van der Waals surface area contributed by atoms with Crippen molar-refractivity contribution in [3.8, 4) is 0 Å². The molecule has 1 heterocycles. The van der Waals surface area contributed by atoms with Gasteiger partial charge in [-0.05, 0) is 24.6 Å². The fourth-order valence-corrected chi connectivity index (χ4v) is 3.66. The number of hydrogen-bond acceptors (Lipinski definition) is 5. The number of para-hydroxylation sites is 1. The highest BCUT2D eigenvalue weighted by Gasteiger charge is 2.41. The molecule has 1 aliphatic rings. The first-order valence-electron chi connectivity index (χ1n) is 8.17. The Balaban J connectivity index is 1.69. The first-order valence-corrected chi connectivity index (χ1v) is 9.43. The normalized spacial score (nSPS) is 17.9. The van der Waals surface area contributed by atoms with E-state index in [-0.39, 0.29) is 23.4 Å². The number of rotatable bonds is 4. The Morgan fingerprint density at radius 3 is 2.67 bits per heavy atom. The van der Waals surface area contributed by atoms with Crippen LogP contribution in [0.25, 0.3) is 0 Å². The third-order valence-electron chi connectivity index (χ3n) is 3.98. The first-order chi connectivity index (χ1) is 13.0. The number of carbonyl (C=O) groups excluding carboxylic acids is 2. The molecular weight excluding hydrogens is 384 g/mol. The first kappa shape index (κ1) is 19.1. The van der Waals surface area contributed by atoms with Gasteiger partial charge in [0.25, 0.3) is 0 Å². The van der Waals surface area contributed by atoms with E-state index in [1.54, 1.807) is 24.3 Å². The molecular formula is C19H17ClN4O2S. The number of anilines is 1. The van der Waals surface area contributed by atoms with Crippen LogP contribution < -0.4 is 10.6 Å². The highest BCUT2D eigenvalue weighted by atomic mass is 35.5. The average molecular weight is 401 g/mol. The Morgan fingerprint density at radius 2 is 1.93 bits per heavy atom. The topological polar surface area (TPSA) is 88.1 Å². The Hall–Kier alpha value is -2.64. The molecule has 2 amide bonds. The summed E-state index contributed by atoms with van der Waals surface area (Å²) >= 11 is 7.07. The molecule has 0 bridgehead atoms. The predicted molar refractivity (Wildman–Crippen MR) is 110 cm³/mol. The number of benzene rings is 2. The van der Waals surface area contributed by atoms with Gasteiger partial charge in [0.1, 0.15) is 5.25 Å². The Morgan fingerprint density at radius 1 is 1.22 bits per heavy atom. The molecule has 0 saturated carbocycles. The van der Waals surface area contributed by atoms with E-state index in [0.717, 1.165) is 17.3 Å². The van der Waals surface area contributed by atoms with Crippen LogP contribution in [0.1, 0.15) is 17.5 Å². The van der Waals surface area contributed by atoms with Gasteiger partial charge in [0.05, 0.1) is 11.9 Å². The number of aryl methyl sites for hydroxylation is 1. The number of halogens is 1. The second kappa shape index (κ2) is 8.37. The van der Waals surface area contributed by atoms with Crippen LogP contribution in [0.4, 0.5) is 5.69 Å². The van der Waals surface area contributed by atoms with Gasteiger partial charge in [0, 0.05) is 17.0 Å². The Bertz CT molecular complexity index is 945. The molecule has 0 unspecified atom stereocenters. The van der Waals surface area contributed by atoms with Crippen molar-refractivity contribution in [1.82, 2.24) is 0 Å². The zero-order valence-electron chi connectivity index (χ0n) is 14.5. The molecule has 1 aliphatic heterocycles. The van der Waals surface area contributed by atoms with Crippen LogP contribution in [0.2, 0.25) is 5.02 Å². The summed E-state index contributed by atoms with van der Waals surface area (Å²) < 4.78 is 0. The zero-order chi connectivity index (χ0) is 19.4. The van der Waals surface area contributed by atoms with Crippen molar-refractivity contribution < 1.29 is 9.59 Å². The molecule has 2 aromatic rings. The standard InChI is InChI=1S/C19H17ClN4O2S/c1-12-6-2-5-9-15(12)24-17(25)10-16(18(24)26)27-19(21)23-22-11-13-7-3-4-8-14(13)20/h2-9,11,16H,10H2,1H3,(H2,21,23)/b22-11-/t16-/m0/s1. The second-order valence-corrected chi connectivity index (χ2v) is 7.50. The molecule has 2 aromatic carbocycles. The predicted octanol–water partition coefficient (Wildman–Crippen LogP) is 3.36. The highest BCUT2D eigenvalue weighted by molar-refractivity contribution is 8.14. The summed E-state index contributed by atoms with van der Waals surface area (Å²) in [4.78, 5) is 26.2. The summed E-state index contributed by atoms with van der Waals surface area (Å²) in [6, 6.07) is 14.4. The zero-order valence-corrected chi connectivity index (χ0v) is 16.1. The van der Waals surface area contributed by atoms with Gasteiger partial charge >= 0.3 is 0 Å². The van der Waals surface area contributed by atoms with Gasteiger partial charge in [-0.2, -0.15) is 5.10 Å². The fourth-order valence-electron chi connectivity index (χ4n) is 2.66. The largest absolute Gasteiger partial charge is 0.377 e. The lowest BCUT2D eigenvalue weighted by Gasteiger charge is -2.16. The molecule has 2 N–H and O–H groups in total. The quantitative estimate of drug-likeness (QED) is 0.369. The maximum atomic E-state index is 12.7. The molecule has 0 aromatic heterocycles. The van der Waals surface area contributed by atoms with Crippen molar-refractivity contribution in [2.75, 3.05) is 4.90 Å². The van der Waals surface area contributed by atoms with E-state index in [1.807, 2.05) is 31.2 Å². The summed E-state index contributed by atoms with van der Waals surface area (Å²) in [5.41, 5.74) is 8.03. The van der Waals surface area contributed by atoms with E-state index >= 15 is 0 Å². The lowest BCUT2D eigenvalue weighted by Crippen LogP contribution is -2.32. The summed E-state index contributed by atoms with van der Waals surface area (Å²) in [5.74, 6) is -0.549. The van der Waals surface area contributed by atoms with Gasteiger partial charge < -0.3 is 5.73 Å². The number of nitrogens with two attached hydrogens (primary N) is 1. The van der Waals surface area contributed by atoms with Crippen molar-refractivity contribution in [2.45, 2.75) is 18.6 Å². The molecule has 0 radical (unpaired) electrons. The number of nitrogens with zero attached hydrogens (tertiary/aromatic N) is 3. The van der Waals surface area contributed by atoms with E-state index < -0.39 is 5.25 Å². The summed E-state index contributed by atoms with van der Waals surface area (Å²) in [6.45, 7) is 1.86. The molecule has 27 heavy (non-hydrogen) atoms. The number of imide groups is 1. The maximum absolute atomic E-state index is 12.7. The van der Waals surface area contributed by atoms with Crippen molar-refractivity contribution in [3.05, 3.63) is 64.7 Å². The molecule has 1 atom stereocenters. The van der Waals surface area contributed by atoms with Crippen molar-refractivity contribution >= 4 is 52.2 Å². The smallest absolute Gasteiger partial charge is 0.247 e. The van der Waals surface area contributed by atoms with Gasteiger partial charge in [0.15, 0.2) is 5.17 Å². The Labute approximate surface area is 166 Å². The van der Waals surface area contributed by atoms with Crippen molar-refractivity contribution in [3.63, 3.8) is 0 Å². The van der Waals surface area contributed by atoms with Crippen LogP contribution in [0.15, 0.2) is 58.7 Å². The third-order valence-corrected chi connectivity index (χ3v) is 5.30. The Kier molecular flexibility index (Phi) is 5.93. The molecule has 6 nitrogen and oxygen atoms in total. The van der Waals surface area contributed by atoms with Gasteiger partial charge in [-0.1, -0.05) is 59.8 Å². The number of hydrogen-bond donors (Lipinski definition) is 1. The van der Waals surface area contributed by atoms with Crippen LogP contribution in [-0.2, 0) is 9.59 Å². The number of amides is 2. The lowest BCUT2D eigenvalue weighted by molar-refractivity contribution is -0.121. The number of thioether (sulfide) groups is 1. The minimum atomic E-state index is -0.614. The van der Waals surface area contributed by atoms with Crippen molar-refractivity contribution in [1.29, 1.82) is 0 Å². The molecule has 138 valence electrons. The van der Waals surface area contributed by atoms with Crippen molar-refractivity contribution in [2.24, 2.45) is 15.9 Å². The van der Waals surface area contributed by atoms with Gasteiger partial charge in [0.2, 0.25) is 11.8 Å². The third kappa shape index (κ3) is 4.37. The summed E-state index contributed by atoms with van der Waals surface area (Å²) in [5, 5.41) is 7.83. The molecule has 1 saturated heterocycles. The maximum Gasteiger partial charge on any atom is 0.247 e. The van der Waals surface area contributed by atoms with Gasteiger partial charge in [-0.3, -0.25) is 9.59 Å². The van der Waals surface area contributed by atoms with Crippen LogP contribution in [-0.4, -0.2) is 28.4 Å². The summed E-state index contributed by atoms with van der Waals surface area (Å²) in [7, 11) is 0. The molecule has 3 rings (SSSR count). The monoisotopic (exact) mass is 400 g/mol. The van der Waals surface area contributed by atoms with E-state index in [9.17, 15) is 9.59 Å². The SMILES string of the molecule is Cc1ccccc1N1C(=O)C[C@H](SC(N)=N/N=C\c2ccccc2Cl)C1=O. The van der Waals surface area contributed by atoms with Crippen LogP contribution in [0, 0.1) is 6.92 Å². The molecule has 0 spiro atoms. The van der Waals surface area contributed by atoms with E-state index in [1.165, 1.54) is 11.1 Å². The molecule has 0 aliphatic carbocycles. The highest BCUT2D eigenvalue weighted by Crippen LogP contribution is 2.31. The van der Waals surface area contributed by atoms with Crippen LogP contribution >= 0.6 is 23.4 Å². The van der Waals surface area contributed by atoms with Crippen LogP contribution in [0.5, 0.6) is 0 Å². The van der Waals surface area contributed by atoms with E-state index in [2.05, 4.69) is 10.2 Å². The lowest BCUT2D eigenvalue weighted by atomic mass is 10.2. The number of carbonyl (C=O) groups is 2. The van der Waals surface area contributed by atoms with E-state index in [4.69, 9.17) is 17.3 Å². The minimum Gasteiger partial charge on any atom is -0.377 e. The van der Waals surface area contributed by atoms with Gasteiger partial charge in [-0.25, -0.2) is 4.90 Å².